The van der Waals surface area contributed by atoms with Crippen LogP contribution in [0, 0.1) is 0 Å². The van der Waals surface area contributed by atoms with Crippen LogP contribution in [-0.2, 0) is 6.18 Å². The van der Waals surface area contributed by atoms with Gasteiger partial charge in [-0.3, -0.25) is 4.68 Å². The Morgan fingerprint density at radius 1 is 1.57 bits per heavy atom. The fourth-order valence-electron chi connectivity index (χ4n) is 1.13. The number of nitrogen functional groups attached to an aromatic ring is 1. The number of aromatic nitrogens is 2. The minimum atomic E-state index is -4.39. The Kier molecular flexibility index (Phi) is 2.73. The van der Waals surface area contributed by atoms with E-state index in [-0.39, 0.29) is 11.9 Å². The first-order valence-electron chi connectivity index (χ1n) is 4.28. The topological polar surface area (TPSA) is 43.8 Å². The Hall–Kier alpha value is -1.20. The lowest BCUT2D eigenvalue weighted by atomic mass is 10.2. The Bertz CT molecular complexity index is 316. The summed E-state index contributed by atoms with van der Waals surface area (Å²) in [6, 6.07) is 0.551. The molecular formula is C8H12F3N3. The molecule has 0 saturated heterocycles. The van der Waals surface area contributed by atoms with Gasteiger partial charge in [-0.15, -0.1) is 0 Å². The molecule has 0 fully saturated rings. The third-order valence-corrected chi connectivity index (χ3v) is 2.05. The molecule has 6 heteroatoms. The van der Waals surface area contributed by atoms with Gasteiger partial charge in [0.15, 0.2) is 0 Å². The minimum Gasteiger partial charge on any atom is -0.382 e. The molecule has 14 heavy (non-hydrogen) atoms. The number of halogens is 3. The normalized spacial score (nSPS) is 14.4. The van der Waals surface area contributed by atoms with Gasteiger partial charge < -0.3 is 5.73 Å². The summed E-state index contributed by atoms with van der Waals surface area (Å²) in [6.07, 6.45) is -3.82. The zero-order chi connectivity index (χ0) is 10.9. The number of anilines is 1. The van der Waals surface area contributed by atoms with Crippen LogP contribution in [-0.4, -0.2) is 9.78 Å². The smallest absolute Gasteiger partial charge is 0.382 e. The van der Waals surface area contributed by atoms with E-state index in [0.717, 1.165) is 10.7 Å². The van der Waals surface area contributed by atoms with Crippen LogP contribution in [0.25, 0.3) is 0 Å². The molecule has 0 radical (unpaired) electrons. The highest BCUT2D eigenvalue weighted by atomic mass is 19.4. The molecule has 0 aromatic carbocycles. The van der Waals surface area contributed by atoms with Crippen LogP contribution >= 0.6 is 0 Å². The zero-order valence-electron chi connectivity index (χ0n) is 7.97. The number of rotatable bonds is 2. The Labute approximate surface area is 79.7 Å². The summed E-state index contributed by atoms with van der Waals surface area (Å²) >= 11 is 0. The van der Waals surface area contributed by atoms with E-state index >= 15 is 0 Å². The molecule has 1 heterocycles. The first-order chi connectivity index (χ1) is 6.36. The van der Waals surface area contributed by atoms with Gasteiger partial charge in [-0.25, -0.2) is 0 Å². The van der Waals surface area contributed by atoms with Crippen LogP contribution in [0.1, 0.15) is 32.0 Å². The van der Waals surface area contributed by atoms with Crippen molar-refractivity contribution in [2.75, 3.05) is 5.73 Å². The molecule has 1 atom stereocenters. The van der Waals surface area contributed by atoms with Crippen LogP contribution in [0.4, 0.5) is 19.0 Å². The second-order valence-electron chi connectivity index (χ2n) is 3.15. The second-order valence-corrected chi connectivity index (χ2v) is 3.15. The van der Waals surface area contributed by atoms with Crippen LogP contribution in [0.3, 0.4) is 0 Å². The summed E-state index contributed by atoms with van der Waals surface area (Å²) in [6.45, 7) is 3.46. The summed E-state index contributed by atoms with van der Waals surface area (Å²) in [5.41, 5.74) is 4.45. The Morgan fingerprint density at radius 2 is 2.14 bits per heavy atom. The molecule has 1 rings (SSSR count). The van der Waals surface area contributed by atoms with Crippen molar-refractivity contribution in [3.63, 3.8) is 0 Å². The van der Waals surface area contributed by atoms with Crippen LogP contribution < -0.4 is 5.73 Å². The van der Waals surface area contributed by atoms with E-state index in [1.165, 1.54) is 0 Å². The standard InChI is InChI=1S/C8H12F3N3/c1-3-5(2)14-6(8(9,10)11)4-7(12)13-14/h4-5H,3H2,1-2H3,(H2,12,13). The SMILES string of the molecule is CCC(C)n1nc(N)cc1C(F)(F)F. The molecule has 3 nitrogen and oxygen atoms in total. The van der Waals surface area contributed by atoms with Gasteiger partial charge in [0.1, 0.15) is 11.5 Å². The maximum Gasteiger partial charge on any atom is 0.433 e. The van der Waals surface area contributed by atoms with Crippen molar-refractivity contribution in [1.29, 1.82) is 0 Å². The average molecular weight is 207 g/mol. The number of hydrogen-bond donors (Lipinski definition) is 1. The summed E-state index contributed by atoms with van der Waals surface area (Å²) in [4.78, 5) is 0. The fraction of sp³-hybridized carbons (Fsp3) is 0.625. The van der Waals surface area contributed by atoms with E-state index in [0.29, 0.717) is 6.42 Å². The lowest BCUT2D eigenvalue weighted by molar-refractivity contribution is -0.144. The number of alkyl halides is 3. The first-order valence-corrected chi connectivity index (χ1v) is 4.28. The highest BCUT2D eigenvalue weighted by molar-refractivity contribution is 5.31. The van der Waals surface area contributed by atoms with Gasteiger partial charge in [0, 0.05) is 12.1 Å². The zero-order valence-corrected chi connectivity index (χ0v) is 7.97. The van der Waals surface area contributed by atoms with Gasteiger partial charge in [0.25, 0.3) is 0 Å². The molecule has 0 saturated carbocycles. The fourth-order valence-corrected chi connectivity index (χ4v) is 1.13. The number of hydrogen-bond acceptors (Lipinski definition) is 2. The summed E-state index contributed by atoms with van der Waals surface area (Å²) < 4.78 is 38.3. The lowest BCUT2D eigenvalue weighted by Gasteiger charge is -2.14. The highest BCUT2D eigenvalue weighted by Crippen LogP contribution is 2.32. The van der Waals surface area contributed by atoms with Crippen LogP contribution in [0.15, 0.2) is 6.07 Å². The van der Waals surface area contributed by atoms with E-state index < -0.39 is 11.9 Å². The predicted octanol–water partition coefficient (Wildman–Crippen LogP) is 2.46. The van der Waals surface area contributed by atoms with Crippen molar-refractivity contribution in [3.8, 4) is 0 Å². The number of nitrogens with two attached hydrogens (primary N) is 1. The van der Waals surface area contributed by atoms with E-state index in [2.05, 4.69) is 5.10 Å². The van der Waals surface area contributed by atoms with Crippen LogP contribution in [0.2, 0.25) is 0 Å². The highest BCUT2D eigenvalue weighted by Gasteiger charge is 2.36. The third-order valence-electron chi connectivity index (χ3n) is 2.05. The Balaban J connectivity index is 3.16. The molecule has 0 aliphatic heterocycles. The van der Waals surface area contributed by atoms with Crippen LogP contribution in [0.5, 0.6) is 0 Å². The van der Waals surface area contributed by atoms with Crippen molar-refractivity contribution in [1.82, 2.24) is 9.78 Å². The molecule has 0 amide bonds. The molecule has 2 N–H and O–H groups in total. The van der Waals surface area contributed by atoms with Gasteiger partial charge >= 0.3 is 6.18 Å². The second kappa shape index (κ2) is 3.51. The molecule has 0 spiro atoms. The quantitative estimate of drug-likeness (QED) is 0.809. The molecule has 0 bridgehead atoms. The molecule has 80 valence electrons. The third kappa shape index (κ3) is 2.00. The molecule has 1 aromatic rings. The molecule has 0 aliphatic carbocycles. The molecular weight excluding hydrogens is 195 g/mol. The van der Waals surface area contributed by atoms with Crippen molar-refractivity contribution >= 4 is 5.82 Å². The monoisotopic (exact) mass is 207 g/mol. The van der Waals surface area contributed by atoms with Gasteiger partial charge in [-0.05, 0) is 13.3 Å². The largest absolute Gasteiger partial charge is 0.433 e. The lowest BCUT2D eigenvalue weighted by Crippen LogP contribution is -2.17. The van der Waals surface area contributed by atoms with Crippen molar-refractivity contribution in [2.45, 2.75) is 32.5 Å². The van der Waals surface area contributed by atoms with E-state index in [1.54, 1.807) is 13.8 Å². The minimum absolute atomic E-state index is 0.0994. The van der Waals surface area contributed by atoms with Gasteiger partial charge in [0.05, 0.1) is 0 Å². The summed E-state index contributed by atoms with van der Waals surface area (Å²) in [5, 5.41) is 3.62. The predicted molar refractivity (Wildman–Crippen MR) is 46.6 cm³/mol. The van der Waals surface area contributed by atoms with E-state index in [1.807, 2.05) is 0 Å². The van der Waals surface area contributed by atoms with E-state index in [9.17, 15) is 13.2 Å². The number of nitrogens with zero attached hydrogens (tertiary/aromatic N) is 2. The molecule has 1 aromatic heterocycles. The Morgan fingerprint density at radius 3 is 2.57 bits per heavy atom. The van der Waals surface area contributed by atoms with E-state index in [4.69, 9.17) is 5.73 Å². The molecule has 0 aliphatic rings. The first kappa shape index (κ1) is 10.9. The maximum absolute atomic E-state index is 12.4. The van der Waals surface area contributed by atoms with Crippen molar-refractivity contribution in [2.24, 2.45) is 0 Å². The van der Waals surface area contributed by atoms with Gasteiger partial charge in [-0.1, -0.05) is 6.92 Å². The maximum atomic E-state index is 12.4. The molecule has 1 unspecified atom stereocenters. The summed E-state index contributed by atoms with van der Waals surface area (Å²) in [5.74, 6) is -0.0994. The average Bonchev–Trinajstić information content (AvgIpc) is 2.45. The van der Waals surface area contributed by atoms with Crippen molar-refractivity contribution in [3.05, 3.63) is 11.8 Å². The van der Waals surface area contributed by atoms with Crippen molar-refractivity contribution < 1.29 is 13.2 Å². The van der Waals surface area contributed by atoms with Gasteiger partial charge in [-0.2, -0.15) is 18.3 Å². The summed E-state index contributed by atoms with van der Waals surface area (Å²) in [7, 11) is 0. The van der Waals surface area contributed by atoms with Gasteiger partial charge in [0.2, 0.25) is 0 Å².